The Balaban J connectivity index is 1.70. The second kappa shape index (κ2) is 9.39. The van der Waals surface area contributed by atoms with E-state index in [1.807, 2.05) is 24.3 Å². The van der Waals surface area contributed by atoms with Crippen molar-refractivity contribution in [2.45, 2.75) is 18.9 Å². The fraction of sp³-hybridized carbons (Fsp3) is 0.150. The summed E-state index contributed by atoms with van der Waals surface area (Å²) in [5.41, 5.74) is 2.81. The number of rotatable bonds is 8. The molecule has 1 aromatic heterocycles. The van der Waals surface area contributed by atoms with Gasteiger partial charge in [0.2, 0.25) is 5.91 Å². The Morgan fingerprint density at radius 3 is 2.57 bits per heavy atom. The van der Waals surface area contributed by atoms with Crippen LogP contribution in [0.4, 0.5) is 11.4 Å². The summed E-state index contributed by atoms with van der Waals surface area (Å²) in [4.78, 5) is 30.6. The third-order valence-electron chi connectivity index (χ3n) is 4.10. The molecule has 3 aromatic rings. The van der Waals surface area contributed by atoms with Gasteiger partial charge < -0.3 is 20.4 Å². The van der Waals surface area contributed by atoms with E-state index in [1.54, 1.807) is 24.4 Å². The van der Waals surface area contributed by atoms with Crippen LogP contribution in [-0.4, -0.2) is 28.2 Å². The van der Waals surface area contributed by atoms with Crippen LogP contribution < -0.4 is 10.6 Å². The van der Waals surface area contributed by atoms with Gasteiger partial charge in [-0.15, -0.1) is 0 Å². The van der Waals surface area contributed by atoms with Crippen molar-refractivity contribution in [1.82, 2.24) is 15.3 Å². The van der Waals surface area contributed by atoms with Gasteiger partial charge in [0.25, 0.3) is 0 Å². The van der Waals surface area contributed by atoms with Gasteiger partial charge in [0.15, 0.2) is 0 Å². The first-order valence-electron chi connectivity index (χ1n) is 8.57. The number of benzene rings is 2. The predicted molar refractivity (Wildman–Crippen MR) is 110 cm³/mol. The molecule has 6 nitrogen and oxygen atoms in total. The lowest BCUT2D eigenvalue weighted by molar-refractivity contribution is -0.123. The number of carbonyl (C=O) groups is 2. The lowest BCUT2D eigenvalue weighted by atomic mass is 10.1. The molecule has 0 saturated carbocycles. The Bertz CT molecular complexity index is 940. The summed E-state index contributed by atoms with van der Waals surface area (Å²) in [6, 6.07) is 11.9. The summed E-state index contributed by atoms with van der Waals surface area (Å²) in [6.45, 7) is 0. The smallest absolute Gasteiger partial charge is 0.225 e. The normalized spacial score (nSPS) is 11.6. The van der Waals surface area contributed by atoms with Crippen LogP contribution in [-0.2, 0) is 22.4 Å². The maximum absolute atomic E-state index is 12.5. The Hall–Kier alpha value is -2.83. The topological polar surface area (TPSA) is 86.9 Å². The Morgan fingerprint density at radius 2 is 1.89 bits per heavy atom. The molecule has 28 heavy (non-hydrogen) atoms. The van der Waals surface area contributed by atoms with E-state index in [1.165, 1.54) is 6.33 Å². The molecule has 1 heterocycles. The quantitative estimate of drug-likeness (QED) is 0.485. The minimum absolute atomic E-state index is 0.0958. The predicted octanol–water partition coefficient (Wildman–Crippen LogP) is 3.93. The molecule has 1 amide bonds. The van der Waals surface area contributed by atoms with Gasteiger partial charge in [-0.3, -0.25) is 4.79 Å². The molecule has 0 unspecified atom stereocenters. The van der Waals surface area contributed by atoms with Crippen molar-refractivity contribution in [2.24, 2.45) is 0 Å². The molecule has 144 valence electrons. The zero-order chi connectivity index (χ0) is 19.9. The number of hydrogen-bond acceptors (Lipinski definition) is 4. The maximum Gasteiger partial charge on any atom is 0.225 e. The van der Waals surface area contributed by atoms with Crippen molar-refractivity contribution >= 4 is 46.8 Å². The van der Waals surface area contributed by atoms with E-state index in [4.69, 9.17) is 23.2 Å². The van der Waals surface area contributed by atoms with Crippen molar-refractivity contribution in [3.8, 4) is 0 Å². The number of anilines is 2. The van der Waals surface area contributed by atoms with Crippen LogP contribution in [0.2, 0.25) is 10.0 Å². The van der Waals surface area contributed by atoms with E-state index in [9.17, 15) is 9.59 Å². The monoisotopic (exact) mass is 416 g/mol. The highest BCUT2D eigenvalue weighted by Gasteiger charge is 2.15. The molecule has 0 fully saturated rings. The minimum atomic E-state index is -0.633. The first-order valence-corrected chi connectivity index (χ1v) is 9.33. The van der Waals surface area contributed by atoms with Crippen molar-refractivity contribution < 1.29 is 9.59 Å². The van der Waals surface area contributed by atoms with Crippen LogP contribution in [0.5, 0.6) is 0 Å². The van der Waals surface area contributed by atoms with E-state index < -0.39 is 6.04 Å². The number of imidazole rings is 1. The number of aromatic amines is 1. The average molecular weight is 417 g/mol. The summed E-state index contributed by atoms with van der Waals surface area (Å²) >= 11 is 12.4. The first kappa shape index (κ1) is 19.9. The van der Waals surface area contributed by atoms with Gasteiger partial charge in [0.1, 0.15) is 6.29 Å². The molecule has 0 radical (unpaired) electrons. The second-order valence-corrected chi connectivity index (χ2v) is 6.96. The highest BCUT2D eigenvalue weighted by atomic mass is 35.5. The number of para-hydroxylation sites is 2. The maximum atomic E-state index is 12.5. The number of aromatic nitrogens is 2. The molecular formula is C20H18Cl2N4O2. The van der Waals surface area contributed by atoms with Gasteiger partial charge in [0, 0.05) is 24.0 Å². The van der Waals surface area contributed by atoms with Crippen LogP contribution in [0, 0.1) is 0 Å². The van der Waals surface area contributed by atoms with Crippen molar-refractivity contribution in [3.05, 3.63) is 76.3 Å². The highest BCUT2D eigenvalue weighted by molar-refractivity contribution is 6.39. The zero-order valence-electron chi connectivity index (χ0n) is 14.8. The average Bonchev–Trinajstić information content (AvgIpc) is 3.18. The van der Waals surface area contributed by atoms with Crippen LogP contribution in [0.1, 0.15) is 11.3 Å². The second-order valence-electron chi connectivity index (χ2n) is 6.15. The van der Waals surface area contributed by atoms with E-state index in [0.717, 1.165) is 11.3 Å². The number of H-pyrrole nitrogens is 1. The number of nitrogens with one attached hydrogen (secondary N) is 3. The lowest BCUT2D eigenvalue weighted by Crippen LogP contribution is -2.38. The number of hydrogen-bond donors (Lipinski definition) is 3. The van der Waals surface area contributed by atoms with Crippen molar-refractivity contribution in [1.29, 1.82) is 0 Å². The van der Waals surface area contributed by atoms with E-state index in [2.05, 4.69) is 20.6 Å². The van der Waals surface area contributed by atoms with Gasteiger partial charge >= 0.3 is 0 Å². The van der Waals surface area contributed by atoms with E-state index in [0.29, 0.717) is 34.1 Å². The van der Waals surface area contributed by atoms with Crippen molar-refractivity contribution in [3.63, 3.8) is 0 Å². The van der Waals surface area contributed by atoms with Gasteiger partial charge in [-0.1, -0.05) is 47.5 Å². The van der Waals surface area contributed by atoms with Gasteiger partial charge in [-0.05, 0) is 23.8 Å². The molecule has 0 aliphatic heterocycles. The fourth-order valence-electron chi connectivity index (χ4n) is 2.75. The van der Waals surface area contributed by atoms with Crippen LogP contribution in [0.25, 0.3) is 0 Å². The van der Waals surface area contributed by atoms with E-state index in [-0.39, 0.29) is 12.3 Å². The summed E-state index contributed by atoms with van der Waals surface area (Å²) in [6.07, 6.45) is 4.31. The molecule has 0 saturated heterocycles. The Kier molecular flexibility index (Phi) is 6.68. The minimum Gasteiger partial charge on any atom is -0.353 e. The number of aldehydes is 1. The number of halogens is 2. The van der Waals surface area contributed by atoms with Gasteiger partial charge in [-0.2, -0.15) is 0 Å². The van der Waals surface area contributed by atoms with Crippen LogP contribution in [0.3, 0.4) is 0 Å². The third-order valence-corrected chi connectivity index (χ3v) is 4.73. The highest BCUT2D eigenvalue weighted by Crippen LogP contribution is 2.33. The third kappa shape index (κ3) is 5.12. The van der Waals surface area contributed by atoms with Crippen molar-refractivity contribution in [2.75, 3.05) is 5.32 Å². The molecule has 0 aliphatic rings. The molecule has 0 aliphatic carbocycles. The first-order chi connectivity index (χ1) is 13.6. The number of amides is 1. The van der Waals surface area contributed by atoms with Gasteiger partial charge in [-0.25, -0.2) is 4.98 Å². The SMILES string of the molecule is O=C[C@H](Cc1cnc[nH]1)NC(=O)Cc1ccccc1Nc1c(Cl)cccc1Cl. The van der Waals surface area contributed by atoms with E-state index >= 15 is 0 Å². The summed E-state index contributed by atoms with van der Waals surface area (Å²) in [5, 5.41) is 6.88. The molecule has 2 aromatic carbocycles. The zero-order valence-corrected chi connectivity index (χ0v) is 16.3. The number of carbonyl (C=O) groups excluding carboxylic acids is 2. The standard InChI is InChI=1S/C20H18Cl2N4O2/c21-16-5-3-6-17(22)20(16)26-18-7-2-1-4-13(18)8-19(28)25-15(11-27)9-14-10-23-12-24-14/h1-7,10-12,15,26H,8-9H2,(H,23,24)(H,25,28)/t15-/m0/s1. The Morgan fingerprint density at radius 1 is 1.14 bits per heavy atom. The molecule has 3 rings (SSSR count). The Labute approximate surface area is 172 Å². The fourth-order valence-corrected chi connectivity index (χ4v) is 3.24. The summed E-state index contributed by atoms with van der Waals surface area (Å²) < 4.78 is 0. The summed E-state index contributed by atoms with van der Waals surface area (Å²) in [7, 11) is 0. The van der Waals surface area contributed by atoms with Crippen LogP contribution >= 0.6 is 23.2 Å². The molecule has 0 bridgehead atoms. The molecule has 3 N–H and O–H groups in total. The van der Waals surface area contributed by atoms with Gasteiger partial charge in [0.05, 0.1) is 34.5 Å². The molecule has 8 heteroatoms. The van der Waals surface area contributed by atoms with Crippen LogP contribution in [0.15, 0.2) is 55.0 Å². The molecule has 0 spiro atoms. The largest absolute Gasteiger partial charge is 0.353 e. The molecular weight excluding hydrogens is 399 g/mol. The number of nitrogens with zero attached hydrogens (tertiary/aromatic N) is 1. The lowest BCUT2D eigenvalue weighted by Gasteiger charge is -2.16. The summed E-state index contributed by atoms with van der Waals surface area (Å²) in [5.74, 6) is -0.267. The molecule has 1 atom stereocenters.